The van der Waals surface area contributed by atoms with Crippen molar-refractivity contribution in [1.82, 2.24) is 10.2 Å². The van der Waals surface area contributed by atoms with Crippen molar-refractivity contribution in [2.24, 2.45) is 5.92 Å². The molecule has 104 valence electrons. The second-order valence-electron chi connectivity index (χ2n) is 5.58. The van der Waals surface area contributed by atoms with Gasteiger partial charge in [-0.05, 0) is 37.5 Å². The lowest BCUT2D eigenvalue weighted by atomic mass is 10.0. The Morgan fingerprint density at radius 3 is 2.58 bits per heavy atom. The van der Waals surface area contributed by atoms with Gasteiger partial charge in [0.2, 0.25) is 5.91 Å². The van der Waals surface area contributed by atoms with E-state index < -0.39 is 0 Å². The van der Waals surface area contributed by atoms with Crippen molar-refractivity contribution in [3.05, 3.63) is 34.9 Å². The Morgan fingerprint density at radius 1 is 1.32 bits per heavy atom. The molecule has 0 spiro atoms. The first kappa shape index (κ1) is 14.4. The molecule has 4 heteroatoms. The molecule has 19 heavy (non-hydrogen) atoms. The summed E-state index contributed by atoms with van der Waals surface area (Å²) < 4.78 is 0. The van der Waals surface area contributed by atoms with Gasteiger partial charge in [-0.15, -0.1) is 0 Å². The molecule has 1 fully saturated rings. The van der Waals surface area contributed by atoms with E-state index in [0.29, 0.717) is 10.9 Å². The number of carbonyl (C=O) groups is 1. The highest BCUT2D eigenvalue weighted by molar-refractivity contribution is 6.30. The van der Waals surface area contributed by atoms with Crippen molar-refractivity contribution in [1.29, 1.82) is 0 Å². The van der Waals surface area contributed by atoms with E-state index in [1.807, 2.05) is 36.1 Å². The van der Waals surface area contributed by atoms with Crippen LogP contribution in [0.5, 0.6) is 0 Å². The highest BCUT2D eigenvalue weighted by Crippen LogP contribution is 2.30. The van der Waals surface area contributed by atoms with E-state index in [-0.39, 0.29) is 24.2 Å². The molecule has 3 atom stereocenters. The smallest absolute Gasteiger partial charge is 0.241 e. The zero-order valence-corrected chi connectivity index (χ0v) is 12.6. The minimum Gasteiger partial charge on any atom is -0.319 e. The summed E-state index contributed by atoms with van der Waals surface area (Å²) >= 11 is 6.05. The largest absolute Gasteiger partial charge is 0.319 e. The van der Waals surface area contributed by atoms with Gasteiger partial charge in [-0.25, -0.2) is 0 Å². The average molecular weight is 281 g/mol. The lowest BCUT2D eigenvalue weighted by Gasteiger charge is -2.33. The van der Waals surface area contributed by atoms with Crippen molar-refractivity contribution < 1.29 is 4.79 Å². The summed E-state index contributed by atoms with van der Waals surface area (Å²) in [5.41, 5.74) is 1.04. The number of nitrogens with zero attached hydrogens (tertiary/aromatic N) is 1. The summed E-state index contributed by atoms with van der Waals surface area (Å²) in [6, 6.07) is 7.74. The first-order chi connectivity index (χ1) is 8.91. The van der Waals surface area contributed by atoms with Gasteiger partial charge < -0.3 is 4.90 Å². The van der Waals surface area contributed by atoms with Crippen LogP contribution in [0.3, 0.4) is 0 Å². The molecule has 0 saturated carbocycles. The lowest BCUT2D eigenvalue weighted by Crippen LogP contribution is -2.41. The third-order valence-corrected chi connectivity index (χ3v) is 4.11. The first-order valence-corrected chi connectivity index (χ1v) is 7.13. The van der Waals surface area contributed by atoms with Gasteiger partial charge in [0.25, 0.3) is 0 Å². The summed E-state index contributed by atoms with van der Waals surface area (Å²) in [6.07, 6.45) is -0.0846. The highest BCUT2D eigenvalue weighted by Gasteiger charge is 2.40. The molecule has 1 aliphatic rings. The van der Waals surface area contributed by atoms with Crippen molar-refractivity contribution in [3.63, 3.8) is 0 Å². The van der Waals surface area contributed by atoms with Gasteiger partial charge in [0, 0.05) is 11.1 Å². The van der Waals surface area contributed by atoms with Crippen LogP contribution in [0.1, 0.15) is 39.4 Å². The second-order valence-corrected chi connectivity index (χ2v) is 6.01. The van der Waals surface area contributed by atoms with Crippen LogP contribution in [-0.2, 0) is 4.79 Å². The zero-order valence-electron chi connectivity index (χ0n) is 11.9. The molecule has 1 amide bonds. The molecule has 0 aromatic heterocycles. The maximum absolute atomic E-state index is 12.4. The Hall–Kier alpha value is -1.06. The first-order valence-electron chi connectivity index (χ1n) is 6.75. The molecule has 2 rings (SSSR count). The van der Waals surface area contributed by atoms with Crippen LogP contribution in [0.15, 0.2) is 24.3 Å². The third kappa shape index (κ3) is 2.77. The number of hydrogen-bond acceptors (Lipinski definition) is 2. The van der Waals surface area contributed by atoms with Crippen LogP contribution in [0.25, 0.3) is 0 Å². The molecule has 1 aromatic rings. The molecule has 1 heterocycles. The van der Waals surface area contributed by atoms with Crippen molar-refractivity contribution >= 4 is 17.5 Å². The van der Waals surface area contributed by atoms with Crippen LogP contribution < -0.4 is 5.32 Å². The van der Waals surface area contributed by atoms with E-state index in [4.69, 9.17) is 11.6 Å². The topological polar surface area (TPSA) is 32.3 Å². The van der Waals surface area contributed by atoms with Gasteiger partial charge in [0.1, 0.15) is 6.17 Å². The fourth-order valence-electron chi connectivity index (χ4n) is 2.43. The van der Waals surface area contributed by atoms with Gasteiger partial charge in [-0.3, -0.25) is 10.1 Å². The molecular formula is C15H21ClN2O. The molecular weight excluding hydrogens is 260 g/mol. The molecule has 1 saturated heterocycles. The molecule has 1 N–H and O–H groups in total. The van der Waals surface area contributed by atoms with Gasteiger partial charge in [0.15, 0.2) is 0 Å². The zero-order chi connectivity index (χ0) is 14.2. The SMILES string of the molecule is CC1NC(c2cccc(Cl)c2)N(C(C)C(C)C)C1=O. The van der Waals surface area contributed by atoms with Crippen LogP contribution in [-0.4, -0.2) is 22.9 Å². The predicted octanol–water partition coefficient (Wildman–Crippen LogP) is 3.20. The van der Waals surface area contributed by atoms with Crippen molar-refractivity contribution in [3.8, 4) is 0 Å². The normalized spacial score (nSPS) is 25.2. The average Bonchev–Trinajstić information content (AvgIpc) is 2.65. The van der Waals surface area contributed by atoms with E-state index in [9.17, 15) is 4.79 Å². The number of carbonyl (C=O) groups excluding carboxylic acids is 1. The molecule has 1 aliphatic heterocycles. The van der Waals surface area contributed by atoms with Crippen LogP contribution in [0.2, 0.25) is 5.02 Å². The summed E-state index contributed by atoms with van der Waals surface area (Å²) in [6.45, 7) is 8.28. The van der Waals surface area contributed by atoms with E-state index in [1.54, 1.807) is 0 Å². The van der Waals surface area contributed by atoms with Gasteiger partial charge in [-0.1, -0.05) is 37.6 Å². The Labute approximate surface area is 119 Å². The molecule has 0 aliphatic carbocycles. The molecule has 3 nitrogen and oxygen atoms in total. The maximum atomic E-state index is 12.4. The molecule has 0 bridgehead atoms. The molecule has 0 radical (unpaired) electrons. The third-order valence-electron chi connectivity index (χ3n) is 3.88. The number of hydrogen-bond donors (Lipinski definition) is 1. The highest BCUT2D eigenvalue weighted by atomic mass is 35.5. The van der Waals surface area contributed by atoms with Crippen LogP contribution in [0.4, 0.5) is 0 Å². The van der Waals surface area contributed by atoms with Crippen molar-refractivity contribution in [2.75, 3.05) is 0 Å². The van der Waals surface area contributed by atoms with Crippen molar-refractivity contribution in [2.45, 2.75) is 45.9 Å². The maximum Gasteiger partial charge on any atom is 0.241 e. The Morgan fingerprint density at radius 2 is 2.00 bits per heavy atom. The quantitative estimate of drug-likeness (QED) is 0.922. The van der Waals surface area contributed by atoms with Gasteiger partial charge in [0.05, 0.1) is 6.04 Å². The van der Waals surface area contributed by atoms with E-state index in [0.717, 1.165) is 5.56 Å². The Balaban J connectivity index is 2.35. The minimum absolute atomic E-state index is 0.0846. The monoisotopic (exact) mass is 280 g/mol. The Bertz CT molecular complexity index is 475. The summed E-state index contributed by atoms with van der Waals surface area (Å²) in [4.78, 5) is 14.3. The number of benzene rings is 1. The second kappa shape index (κ2) is 5.51. The minimum atomic E-state index is -0.148. The fraction of sp³-hybridized carbons (Fsp3) is 0.533. The van der Waals surface area contributed by atoms with Crippen LogP contribution in [0, 0.1) is 5.92 Å². The standard InChI is InChI=1S/C15H21ClN2O/c1-9(2)11(4)18-14(17-10(3)15(18)19)12-6-5-7-13(16)8-12/h5-11,14,17H,1-4H3. The number of nitrogens with one attached hydrogen (secondary N) is 1. The van der Waals surface area contributed by atoms with Crippen LogP contribution >= 0.6 is 11.6 Å². The predicted molar refractivity (Wildman–Crippen MR) is 77.9 cm³/mol. The van der Waals surface area contributed by atoms with E-state index in [2.05, 4.69) is 26.1 Å². The number of halogens is 1. The molecule has 1 aromatic carbocycles. The number of amides is 1. The summed E-state index contributed by atoms with van der Waals surface area (Å²) in [7, 11) is 0. The summed E-state index contributed by atoms with van der Waals surface area (Å²) in [5.74, 6) is 0.573. The van der Waals surface area contributed by atoms with E-state index >= 15 is 0 Å². The van der Waals surface area contributed by atoms with E-state index in [1.165, 1.54) is 0 Å². The summed E-state index contributed by atoms with van der Waals surface area (Å²) in [5, 5.41) is 4.05. The number of rotatable bonds is 3. The Kier molecular flexibility index (Phi) is 4.16. The van der Waals surface area contributed by atoms with Gasteiger partial charge in [-0.2, -0.15) is 0 Å². The lowest BCUT2D eigenvalue weighted by molar-refractivity contribution is -0.132. The van der Waals surface area contributed by atoms with Gasteiger partial charge >= 0.3 is 0 Å². The molecule has 3 unspecified atom stereocenters. The fourth-order valence-corrected chi connectivity index (χ4v) is 2.63.